The molecule has 0 saturated carbocycles. The van der Waals surface area contributed by atoms with Crippen molar-refractivity contribution < 1.29 is 33.0 Å². The number of esters is 1. The topological polar surface area (TPSA) is 90.9 Å². The molecular formula is C21H22FNO6. The van der Waals surface area contributed by atoms with Crippen molar-refractivity contribution in [3.63, 3.8) is 0 Å². The Balaban J connectivity index is 1.82. The minimum Gasteiger partial charge on any atom is -0.493 e. The van der Waals surface area contributed by atoms with Gasteiger partial charge in [0, 0.05) is 12.1 Å². The number of carbonyl (C=O) groups excluding carboxylic acids is 3. The predicted molar refractivity (Wildman–Crippen MR) is 102 cm³/mol. The van der Waals surface area contributed by atoms with Crippen molar-refractivity contribution >= 4 is 17.7 Å². The highest BCUT2D eigenvalue weighted by Gasteiger charge is 2.18. The summed E-state index contributed by atoms with van der Waals surface area (Å²) in [6.07, 6.45) is -1.03. The van der Waals surface area contributed by atoms with E-state index in [0.717, 1.165) is 0 Å². The van der Waals surface area contributed by atoms with E-state index in [0.29, 0.717) is 16.9 Å². The van der Waals surface area contributed by atoms with E-state index >= 15 is 0 Å². The first-order chi connectivity index (χ1) is 13.8. The quantitative estimate of drug-likeness (QED) is 0.511. The van der Waals surface area contributed by atoms with Gasteiger partial charge in [-0.15, -0.1) is 0 Å². The molecule has 0 saturated heterocycles. The number of Topliss-reactive ketones (excluding diaryl/α,β-unsaturated/α-hetero) is 1. The highest BCUT2D eigenvalue weighted by Crippen LogP contribution is 2.28. The normalized spacial score (nSPS) is 11.3. The van der Waals surface area contributed by atoms with Gasteiger partial charge in [0.2, 0.25) is 0 Å². The third-order valence-electron chi connectivity index (χ3n) is 3.97. The Kier molecular flexibility index (Phi) is 7.70. The van der Waals surface area contributed by atoms with Crippen LogP contribution in [0.1, 0.15) is 29.8 Å². The zero-order valence-corrected chi connectivity index (χ0v) is 16.4. The van der Waals surface area contributed by atoms with Crippen LogP contribution in [0.2, 0.25) is 0 Å². The molecular weight excluding hydrogens is 381 g/mol. The molecule has 0 aliphatic rings. The molecule has 0 unspecified atom stereocenters. The van der Waals surface area contributed by atoms with E-state index in [1.54, 1.807) is 18.2 Å². The first kappa shape index (κ1) is 21.9. The Hall–Kier alpha value is -3.42. The van der Waals surface area contributed by atoms with Gasteiger partial charge in [-0.2, -0.15) is 0 Å². The SMILES string of the molecule is COc1cc(C(C)=O)ccc1OCC(=O)O[C@H](C)C(=O)NCc1ccc(F)cc1. The Labute approximate surface area is 167 Å². The average Bonchev–Trinajstić information content (AvgIpc) is 2.71. The monoisotopic (exact) mass is 403 g/mol. The van der Waals surface area contributed by atoms with E-state index in [2.05, 4.69) is 5.32 Å². The minimum absolute atomic E-state index is 0.130. The van der Waals surface area contributed by atoms with Crippen molar-refractivity contribution in [3.05, 3.63) is 59.4 Å². The molecule has 1 amide bonds. The van der Waals surface area contributed by atoms with Crippen LogP contribution in [0.15, 0.2) is 42.5 Å². The van der Waals surface area contributed by atoms with Crippen LogP contribution in [0.4, 0.5) is 4.39 Å². The third kappa shape index (κ3) is 6.60. The number of halogens is 1. The van der Waals surface area contributed by atoms with E-state index in [1.807, 2.05) is 0 Å². The van der Waals surface area contributed by atoms with Crippen LogP contribution in [0.3, 0.4) is 0 Å². The number of hydrogen-bond donors (Lipinski definition) is 1. The van der Waals surface area contributed by atoms with Gasteiger partial charge in [-0.3, -0.25) is 9.59 Å². The smallest absolute Gasteiger partial charge is 0.344 e. The molecule has 0 aromatic heterocycles. The molecule has 1 N–H and O–H groups in total. The number of methoxy groups -OCH3 is 1. The number of hydrogen-bond acceptors (Lipinski definition) is 6. The molecule has 0 fully saturated rings. The van der Waals surface area contributed by atoms with Gasteiger partial charge in [0.1, 0.15) is 5.82 Å². The molecule has 0 bridgehead atoms. The fourth-order valence-electron chi connectivity index (χ4n) is 2.36. The molecule has 0 aliphatic carbocycles. The van der Waals surface area contributed by atoms with Gasteiger partial charge in [-0.05, 0) is 49.7 Å². The maximum Gasteiger partial charge on any atom is 0.344 e. The zero-order valence-electron chi connectivity index (χ0n) is 16.4. The number of carbonyl (C=O) groups is 3. The van der Waals surface area contributed by atoms with Crippen molar-refractivity contribution in [2.75, 3.05) is 13.7 Å². The number of nitrogens with one attached hydrogen (secondary N) is 1. The Morgan fingerprint density at radius 3 is 2.38 bits per heavy atom. The molecule has 8 heteroatoms. The molecule has 2 rings (SSSR count). The standard InChI is InChI=1S/C21H22FNO6/c1-13(24)16-6-9-18(19(10-16)27-3)28-12-20(25)29-14(2)21(26)23-11-15-4-7-17(22)8-5-15/h4-10,14H,11-12H2,1-3H3,(H,23,26)/t14-/m1/s1. The summed E-state index contributed by atoms with van der Waals surface area (Å²) in [7, 11) is 1.41. The van der Waals surface area contributed by atoms with Crippen LogP contribution in [-0.2, 0) is 20.9 Å². The van der Waals surface area contributed by atoms with Gasteiger partial charge < -0.3 is 19.5 Å². The summed E-state index contributed by atoms with van der Waals surface area (Å²) in [5, 5.41) is 2.60. The summed E-state index contributed by atoms with van der Waals surface area (Å²) in [5.41, 5.74) is 1.16. The fraction of sp³-hybridized carbons (Fsp3) is 0.286. The molecule has 29 heavy (non-hydrogen) atoms. The summed E-state index contributed by atoms with van der Waals surface area (Å²) >= 11 is 0. The molecule has 2 aromatic carbocycles. The summed E-state index contributed by atoms with van der Waals surface area (Å²) in [4.78, 5) is 35.4. The second-order valence-corrected chi connectivity index (χ2v) is 6.19. The van der Waals surface area contributed by atoms with Crippen molar-refractivity contribution in [3.8, 4) is 11.5 Å². The Morgan fingerprint density at radius 2 is 1.76 bits per heavy atom. The second-order valence-electron chi connectivity index (χ2n) is 6.19. The lowest BCUT2D eigenvalue weighted by molar-refractivity contribution is -0.156. The molecule has 1 atom stereocenters. The molecule has 0 aliphatic heterocycles. The molecule has 0 radical (unpaired) electrons. The van der Waals surface area contributed by atoms with Crippen molar-refractivity contribution in [1.29, 1.82) is 0 Å². The number of benzene rings is 2. The van der Waals surface area contributed by atoms with Gasteiger partial charge in [-0.1, -0.05) is 12.1 Å². The molecule has 7 nitrogen and oxygen atoms in total. The average molecular weight is 403 g/mol. The third-order valence-corrected chi connectivity index (χ3v) is 3.97. The van der Waals surface area contributed by atoms with Crippen LogP contribution in [0.25, 0.3) is 0 Å². The minimum atomic E-state index is -1.03. The predicted octanol–water partition coefficient (Wildman–Crippen LogP) is 2.66. The van der Waals surface area contributed by atoms with E-state index in [-0.39, 0.29) is 23.9 Å². The van der Waals surface area contributed by atoms with Gasteiger partial charge in [0.25, 0.3) is 5.91 Å². The largest absolute Gasteiger partial charge is 0.493 e. The van der Waals surface area contributed by atoms with Crippen LogP contribution in [-0.4, -0.2) is 37.5 Å². The maximum absolute atomic E-state index is 12.9. The van der Waals surface area contributed by atoms with E-state index in [9.17, 15) is 18.8 Å². The van der Waals surface area contributed by atoms with Crippen LogP contribution in [0, 0.1) is 5.82 Å². The number of amides is 1. The van der Waals surface area contributed by atoms with Crippen LogP contribution >= 0.6 is 0 Å². The first-order valence-corrected chi connectivity index (χ1v) is 8.83. The highest BCUT2D eigenvalue weighted by molar-refractivity contribution is 5.94. The van der Waals surface area contributed by atoms with Crippen molar-refractivity contribution in [1.82, 2.24) is 5.32 Å². The van der Waals surface area contributed by atoms with Crippen molar-refractivity contribution in [2.24, 2.45) is 0 Å². The summed E-state index contributed by atoms with van der Waals surface area (Å²) < 4.78 is 28.4. The van der Waals surface area contributed by atoms with Crippen LogP contribution < -0.4 is 14.8 Å². The summed E-state index contributed by atoms with van der Waals surface area (Å²) in [6.45, 7) is 2.60. The number of rotatable bonds is 9. The van der Waals surface area contributed by atoms with Crippen molar-refractivity contribution in [2.45, 2.75) is 26.5 Å². The van der Waals surface area contributed by atoms with Crippen LogP contribution in [0.5, 0.6) is 11.5 Å². The summed E-state index contributed by atoms with van der Waals surface area (Å²) in [5.74, 6) is -1.17. The second kappa shape index (κ2) is 10.2. The molecule has 154 valence electrons. The van der Waals surface area contributed by atoms with Gasteiger partial charge in [0.15, 0.2) is 30.0 Å². The van der Waals surface area contributed by atoms with E-state index in [1.165, 1.54) is 45.2 Å². The maximum atomic E-state index is 12.9. The van der Waals surface area contributed by atoms with E-state index < -0.39 is 24.6 Å². The molecule has 0 spiro atoms. The first-order valence-electron chi connectivity index (χ1n) is 8.83. The molecule has 0 heterocycles. The molecule has 2 aromatic rings. The lowest BCUT2D eigenvalue weighted by Crippen LogP contribution is -2.36. The van der Waals surface area contributed by atoms with E-state index in [4.69, 9.17) is 14.2 Å². The van der Waals surface area contributed by atoms with Gasteiger partial charge in [0.05, 0.1) is 7.11 Å². The Bertz CT molecular complexity index is 881. The lowest BCUT2D eigenvalue weighted by Gasteiger charge is -2.15. The van der Waals surface area contributed by atoms with Gasteiger partial charge >= 0.3 is 5.97 Å². The number of ether oxygens (including phenoxy) is 3. The number of ketones is 1. The lowest BCUT2D eigenvalue weighted by atomic mass is 10.1. The zero-order chi connectivity index (χ0) is 21.4. The highest BCUT2D eigenvalue weighted by atomic mass is 19.1. The van der Waals surface area contributed by atoms with Gasteiger partial charge in [-0.25, -0.2) is 9.18 Å². The fourth-order valence-corrected chi connectivity index (χ4v) is 2.36. The Morgan fingerprint density at radius 1 is 1.07 bits per heavy atom. The summed E-state index contributed by atoms with van der Waals surface area (Å²) in [6, 6.07) is 10.3.